The fraction of sp³-hybridized carbons (Fsp3) is 0.471. The van der Waals surface area contributed by atoms with Crippen molar-refractivity contribution in [1.82, 2.24) is 15.1 Å². The quantitative estimate of drug-likeness (QED) is 0.598. The van der Waals surface area contributed by atoms with Crippen molar-refractivity contribution in [3.63, 3.8) is 0 Å². The molecule has 4 heteroatoms. The van der Waals surface area contributed by atoms with Gasteiger partial charge in [0.25, 0.3) is 0 Å². The van der Waals surface area contributed by atoms with Crippen LogP contribution < -0.4 is 5.32 Å². The topological polar surface area (TPSA) is 29.9 Å². The van der Waals surface area contributed by atoms with Gasteiger partial charge in [0, 0.05) is 16.3 Å². The second kappa shape index (κ2) is 8.25. The molecular formula is C17H25N3S. The molecule has 0 aliphatic rings. The van der Waals surface area contributed by atoms with Gasteiger partial charge in [0.1, 0.15) is 0 Å². The van der Waals surface area contributed by atoms with E-state index >= 15 is 0 Å². The van der Waals surface area contributed by atoms with Crippen LogP contribution in [0.2, 0.25) is 0 Å². The van der Waals surface area contributed by atoms with E-state index in [1.807, 2.05) is 11.8 Å². The molecule has 3 nitrogen and oxygen atoms in total. The molecule has 0 aliphatic carbocycles. The zero-order valence-electron chi connectivity index (χ0n) is 13.2. The van der Waals surface area contributed by atoms with Crippen LogP contribution >= 0.6 is 11.8 Å². The summed E-state index contributed by atoms with van der Waals surface area (Å²) in [5.41, 5.74) is 3.90. The molecule has 2 aromatic rings. The minimum Gasteiger partial charge on any atom is -0.317 e. The highest BCUT2D eigenvalue weighted by Gasteiger charge is 2.10. The third-order valence-corrected chi connectivity index (χ3v) is 4.64. The van der Waals surface area contributed by atoms with E-state index in [0.717, 1.165) is 31.8 Å². The van der Waals surface area contributed by atoms with Gasteiger partial charge < -0.3 is 5.32 Å². The highest BCUT2D eigenvalue weighted by Crippen LogP contribution is 2.19. The molecule has 2 rings (SSSR count). The Morgan fingerprint density at radius 3 is 2.67 bits per heavy atom. The lowest BCUT2D eigenvalue weighted by molar-refractivity contribution is 0.638. The fourth-order valence-corrected chi connectivity index (χ4v) is 3.32. The van der Waals surface area contributed by atoms with E-state index < -0.39 is 0 Å². The predicted octanol–water partition coefficient (Wildman–Crippen LogP) is 3.44. The third kappa shape index (κ3) is 4.61. The number of benzene rings is 1. The Morgan fingerprint density at radius 2 is 1.95 bits per heavy atom. The Bertz CT molecular complexity index is 549. The Labute approximate surface area is 132 Å². The van der Waals surface area contributed by atoms with Gasteiger partial charge in [0.2, 0.25) is 0 Å². The molecule has 0 atom stereocenters. The van der Waals surface area contributed by atoms with Crippen molar-refractivity contribution in [1.29, 1.82) is 0 Å². The first kappa shape index (κ1) is 16.1. The average molecular weight is 303 g/mol. The van der Waals surface area contributed by atoms with Gasteiger partial charge >= 0.3 is 0 Å². The Morgan fingerprint density at radius 1 is 1.19 bits per heavy atom. The van der Waals surface area contributed by atoms with Crippen molar-refractivity contribution in [2.24, 2.45) is 0 Å². The summed E-state index contributed by atoms with van der Waals surface area (Å²) < 4.78 is 2.16. The van der Waals surface area contributed by atoms with Crippen LogP contribution in [0.1, 0.15) is 23.9 Å². The van der Waals surface area contributed by atoms with Crippen molar-refractivity contribution < 1.29 is 0 Å². The van der Waals surface area contributed by atoms with E-state index in [1.54, 1.807) is 0 Å². The van der Waals surface area contributed by atoms with E-state index in [0.29, 0.717) is 0 Å². The van der Waals surface area contributed by atoms with Crippen molar-refractivity contribution in [2.45, 2.75) is 38.6 Å². The zero-order valence-corrected chi connectivity index (χ0v) is 14.0. The average Bonchev–Trinajstić information content (AvgIpc) is 2.76. The van der Waals surface area contributed by atoms with Crippen molar-refractivity contribution in [3.8, 4) is 0 Å². The number of nitrogens with zero attached hydrogens (tertiary/aromatic N) is 2. The number of likely N-dealkylation sites (N-methyl/N-ethyl adjacent to an activating group) is 1. The zero-order chi connectivity index (χ0) is 15.1. The van der Waals surface area contributed by atoms with E-state index in [1.165, 1.54) is 21.8 Å². The molecule has 0 amide bonds. The lowest BCUT2D eigenvalue weighted by atomic mass is 10.1. The molecule has 1 aromatic carbocycles. The maximum atomic E-state index is 4.70. The van der Waals surface area contributed by atoms with Gasteiger partial charge in [-0.3, -0.25) is 4.68 Å². The molecule has 1 N–H and O–H groups in total. The van der Waals surface area contributed by atoms with Crippen molar-refractivity contribution in [2.75, 3.05) is 18.8 Å². The lowest BCUT2D eigenvalue weighted by Crippen LogP contribution is -2.16. The van der Waals surface area contributed by atoms with Gasteiger partial charge in [0.05, 0.1) is 12.2 Å². The lowest BCUT2D eigenvalue weighted by Gasteiger charge is -2.06. The minimum atomic E-state index is 0.966. The molecule has 0 saturated carbocycles. The molecule has 0 fully saturated rings. The van der Waals surface area contributed by atoms with Crippen molar-refractivity contribution >= 4 is 11.8 Å². The molecule has 0 saturated heterocycles. The number of aromatic nitrogens is 2. The molecule has 0 aliphatic heterocycles. The van der Waals surface area contributed by atoms with Gasteiger partial charge in [-0.15, -0.1) is 11.8 Å². The first-order valence-corrected chi connectivity index (χ1v) is 8.62. The highest BCUT2D eigenvalue weighted by molar-refractivity contribution is 7.99. The number of nitrogens with one attached hydrogen (secondary N) is 1. The molecule has 0 spiro atoms. The molecular weight excluding hydrogens is 278 g/mol. The van der Waals surface area contributed by atoms with Crippen LogP contribution in [0.5, 0.6) is 0 Å². The minimum absolute atomic E-state index is 0.966. The molecule has 0 radical (unpaired) electrons. The van der Waals surface area contributed by atoms with E-state index in [9.17, 15) is 0 Å². The smallest absolute Gasteiger partial charge is 0.0628 e. The normalized spacial score (nSPS) is 11.0. The summed E-state index contributed by atoms with van der Waals surface area (Å²) in [6.45, 7) is 9.48. The summed E-state index contributed by atoms with van der Waals surface area (Å²) in [6, 6.07) is 10.6. The van der Waals surface area contributed by atoms with Crippen molar-refractivity contribution in [3.05, 3.63) is 47.3 Å². The summed E-state index contributed by atoms with van der Waals surface area (Å²) in [4.78, 5) is 1.33. The molecule has 1 aromatic heterocycles. The maximum Gasteiger partial charge on any atom is 0.0628 e. The van der Waals surface area contributed by atoms with Gasteiger partial charge in [-0.05, 0) is 51.1 Å². The summed E-state index contributed by atoms with van der Waals surface area (Å²) in [6.07, 6.45) is 1.07. The van der Waals surface area contributed by atoms with Gasteiger partial charge in [-0.25, -0.2) is 0 Å². The van der Waals surface area contributed by atoms with E-state index in [-0.39, 0.29) is 0 Å². The standard InChI is InChI=1S/C17H25N3S/c1-4-18-11-10-17-14(2)19-20(15(17)3)12-13-21-16-8-6-5-7-9-16/h5-9,18H,4,10-13H2,1-3H3. The van der Waals surface area contributed by atoms with Crippen LogP contribution in [0.15, 0.2) is 35.2 Å². The fourth-order valence-electron chi connectivity index (χ4n) is 2.47. The Hall–Kier alpha value is -1.26. The molecule has 0 bridgehead atoms. The second-order valence-electron chi connectivity index (χ2n) is 5.14. The van der Waals surface area contributed by atoms with Crippen LogP contribution in [0.4, 0.5) is 0 Å². The monoisotopic (exact) mass is 303 g/mol. The van der Waals surface area contributed by atoms with Gasteiger partial charge in [0.15, 0.2) is 0 Å². The highest BCUT2D eigenvalue weighted by atomic mass is 32.2. The molecule has 114 valence electrons. The summed E-state index contributed by atoms with van der Waals surface area (Å²) in [5.74, 6) is 1.05. The largest absolute Gasteiger partial charge is 0.317 e. The number of thioether (sulfide) groups is 1. The van der Waals surface area contributed by atoms with Crippen LogP contribution in [0, 0.1) is 13.8 Å². The van der Waals surface area contributed by atoms with Crippen LogP contribution in [-0.4, -0.2) is 28.6 Å². The number of aryl methyl sites for hydroxylation is 2. The first-order valence-electron chi connectivity index (χ1n) is 7.63. The number of hydrogen-bond acceptors (Lipinski definition) is 3. The number of hydrogen-bond donors (Lipinski definition) is 1. The third-order valence-electron chi connectivity index (χ3n) is 3.65. The second-order valence-corrected chi connectivity index (χ2v) is 6.31. The maximum absolute atomic E-state index is 4.70. The number of rotatable bonds is 8. The molecule has 1 heterocycles. The van der Waals surface area contributed by atoms with Crippen LogP contribution in [-0.2, 0) is 13.0 Å². The Balaban J connectivity index is 1.90. The molecule has 0 unspecified atom stereocenters. The first-order chi connectivity index (χ1) is 10.2. The van der Waals surface area contributed by atoms with E-state index in [2.05, 4.69) is 61.1 Å². The van der Waals surface area contributed by atoms with Crippen LogP contribution in [0.25, 0.3) is 0 Å². The summed E-state index contributed by atoms with van der Waals surface area (Å²) in [5, 5.41) is 8.08. The predicted molar refractivity (Wildman–Crippen MR) is 91.1 cm³/mol. The van der Waals surface area contributed by atoms with Crippen LogP contribution in [0.3, 0.4) is 0 Å². The SMILES string of the molecule is CCNCCc1c(C)nn(CCSc2ccccc2)c1C. The summed E-state index contributed by atoms with van der Waals surface area (Å²) in [7, 11) is 0. The van der Waals surface area contributed by atoms with Gasteiger partial charge in [-0.2, -0.15) is 5.10 Å². The molecule has 21 heavy (non-hydrogen) atoms. The van der Waals surface area contributed by atoms with Gasteiger partial charge in [-0.1, -0.05) is 25.1 Å². The van der Waals surface area contributed by atoms with E-state index in [4.69, 9.17) is 5.10 Å². The summed E-state index contributed by atoms with van der Waals surface area (Å²) >= 11 is 1.89. The Kier molecular flexibility index (Phi) is 6.33.